The van der Waals surface area contributed by atoms with E-state index in [-0.39, 0.29) is 23.5 Å². The molecule has 10 heteroatoms. The predicted molar refractivity (Wildman–Crippen MR) is 104 cm³/mol. The average Bonchev–Trinajstić information content (AvgIpc) is 3.32. The molecule has 0 bridgehead atoms. The summed E-state index contributed by atoms with van der Waals surface area (Å²) in [5, 5.41) is 9.82. The minimum Gasteiger partial charge on any atom is -0.465 e. The number of carbonyl (C=O) groups is 3. The molecule has 0 saturated carbocycles. The van der Waals surface area contributed by atoms with Crippen LogP contribution in [-0.4, -0.2) is 53.4 Å². The van der Waals surface area contributed by atoms with Crippen LogP contribution in [0.4, 0.5) is 9.80 Å². The number of methoxy groups -OCH3 is 1. The molecule has 1 saturated heterocycles. The zero-order valence-electron chi connectivity index (χ0n) is 15.0. The molecule has 2 aromatic heterocycles. The van der Waals surface area contributed by atoms with E-state index in [1.807, 2.05) is 10.8 Å². The molecule has 3 rings (SSSR count). The van der Waals surface area contributed by atoms with E-state index in [1.54, 1.807) is 17.9 Å². The number of thiophene rings is 1. The summed E-state index contributed by atoms with van der Waals surface area (Å²) in [4.78, 5) is 38.2. The summed E-state index contributed by atoms with van der Waals surface area (Å²) in [5.74, 6) is -0.603. The molecule has 3 heterocycles. The molecule has 0 unspecified atom stereocenters. The van der Waals surface area contributed by atoms with Crippen LogP contribution >= 0.6 is 22.9 Å². The highest BCUT2D eigenvalue weighted by atomic mass is 32.1. The number of hydrogen-bond donors (Lipinski definition) is 2. The van der Waals surface area contributed by atoms with Gasteiger partial charge >= 0.3 is 12.0 Å². The predicted octanol–water partition coefficient (Wildman–Crippen LogP) is 2.73. The van der Waals surface area contributed by atoms with Crippen molar-refractivity contribution in [3.8, 4) is 0 Å². The van der Waals surface area contributed by atoms with Crippen molar-refractivity contribution in [1.82, 2.24) is 14.6 Å². The Hall–Kier alpha value is -2.46. The van der Waals surface area contributed by atoms with E-state index >= 15 is 0 Å². The fourth-order valence-electron chi connectivity index (χ4n) is 2.86. The van der Waals surface area contributed by atoms with Gasteiger partial charge in [0.1, 0.15) is 10.6 Å². The molecule has 3 amide bonds. The maximum Gasteiger partial charge on any atom is 0.342 e. The second-order valence-corrected chi connectivity index (χ2v) is 7.69. The number of ether oxygens (including phenoxy) is 1. The fourth-order valence-corrected chi connectivity index (χ4v) is 4.27. The molecule has 1 aliphatic rings. The Labute approximate surface area is 164 Å². The molecule has 0 atom stereocenters. The lowest BCUT2D eigenvalue weighted by molar-refractivity contribution is 0.0601. The van der Waals surface area contributed by atoms with Gasteiger partial charge in [0, 0.05) is 30.1 Å². The van der Waals surface area contributed by atoms with Gasteiger partial charge in [0.05, 0.1) is 12.8 Å². The number of nitrogens with zero attached hydrogens (tertiary/aromatic N) is 2. The number of amides is 3. The third kappa shape index (κ3) is 4.45. The lowest BCUT2D eigenvalue weighted by atomic mass is 10.0. The number of aryl methyl sites for hydroxylation is 1. The van der Waals surface area contributed by atoms with Crippen LogP contribution in [0.25, 0.3) is 0 Å². The quantitative estimate of drug-likeness (QED) is 0.758. The average molecular weight is 409 g/mol. The highest BCUT2D eigenvalue weighted by Gasteiger charge is 2.26. The van der Waals surface area contributed by atoms with Gasteiger partial charge in [0.25, 0.3) is 5.91 Å². The van der Waals surface area contributed by atoms with Gasteiger partial charge in [-0.1, -0.05) is 0 Å². The van der Waals surface area contributed by atoms with Gasteiger partial charge in [0.15, 0.2) is 0 Å². The maximum atomic E-state index is 12.5. The molecule has 144 valence electrons. The molecule has 0 radical (unpaired) electrons. The van der Waals surface area contributed by atoms with Crippen LogP contribution in [0.1, 0.15) is 39.3 Å². The number of anilines is 1. The molecule has 2 aromatic rings. The minimum atomic E-state index is -0.522. The van der Waals surface area contributed by atoms with Crippen LogP contribution in [0.3, 0.4) is 0 Å². The highest BCUT2D eigenvalue weighted by molar-refractivity contribution is 7.11. The monoisotopic (exact) mass is 408 g/mol. The number of aromatic nitrogens is 1. The lowest BCUT2D eigenvalue weighted by Gasteiger charge is -2.32. The van der Waals surface area contributed by atoms with Crippen molar-refractivity contribution in [3.05, 3.63) is 33.6 Å². The van der Waals surface area contributed by atoms with Gasteiger partial charge in [0.2, 0.25) is 0 Å². The van der Waals surface area contributed by atoms with Crippen LogP contribution in [0.5, 0.6) is 0 Å². The Morgan fingerprint density at radius 3 is 2.67 bits per heavy atom. The molecule has 0 aromatic carbocycles. The SMILES string of the molecule is COC(=O)c1c(C)nsc1NC(=O)N1CCC(NC(=O)c2ccsc2)CC1. The van der Waals surface area contributed by atoms with E-state index in [4.69, 9.17) is 4.74 Å². The minimum absolute atomic E-state index is 0.0396. The zero-order valence-corrected chi connectivity index (χ0v) is 16.6. The third-order valence-corrected chi connectivity index (χ3v) is 5.91. The normalized spacial score (nSPS) is 14.7. The summed E-state index contributed by atoms with van der Waals surface area (Å²) in [5.41, 5.74) is 1.47. The number of hydrogen-bond acceptors (Lipinski definition) is 7. The van der Waals surface area contributed by atoms with Gasteiger partial charge < -0.3 is 15.0 Å². The number of esters is 1. The van der Waals surface area contributed by atoms with Gasteiger partial charge in [-0.3, -0.25) is 10.1 Å². The van der Waals surface area contributed by atoms with Crippen molar-refractivity contribution in [3.63, 3.8) is 0 Å². The number of rotatable bonds is 4. The van der Waals surface area contributed by atoms with Crippen molar-refractivity contribution in [2.45, 2.75) is 25.8 Å². The standard InChI is InChI=1S/C17H20N4O4S2/c1-10-13(16(23)25-2)15(27-20-10)19-17(24)21-6-3-12(4-7-21)18-14(22)11-5-8-26-9-11/h5,8-9,12H,3-4,6-7H2,1-2H3,(H,18,22)(H,19,24). The van der Waals surface area contributed by atoms with E-state index in [0.717, 1.165) is 11.5 Å². The van der Waals surface area contributed by atoms with E-state index in [9.17, 15) is 14.4 Å². The lowest BCUT2D eigenvalue weighted by Crippen LogP contribution is -2.47. The zero-order chi connectivity index (χ0) is 19.4. The Bertz CT molecular complexity index is 826. The Morgan fingerprint density at radius 1 is 1.30 bits per heavy atom. The fraction of sp³-hybridized carbons (Fsp3) is 0.412. The molecule has 27 heavy (non-hydrogen) atoms. The van der Waals surface area contributed by atoms with Crippen molar-refractivity contribution >= 4 is 45.8 Å². The smallest absolute Gasteiger partial charge is 0.342 e. The first-order valence-corrected chi connectivity index (χ1v) is 10.1. The number of nitrogens with one attached hydrogen (secondary N) is 2. The number of piperidine rings is 1. The van der Waals surface area contributed by atoms with E-state index in [0.29, 0.717) is 42.2 Å². The van der Waals surface area contributed by atoms with Gasteiger partial charge in [-0.2, -0.15) is 15.7 Å². The topological polar surface area (TPSA) is 101 Å². The molecule has 0 aliphatic carbocycles. The Kier molecular flexibility index (Phi) is 6.07. The first-order chi connectivity index (χ1) is 13.0. The van der Waals surface area contributed by atoms with Gasteiger partial charge in [-0.15, -0.1) is 0 Å². The van der Waals surface area contributed by atoms with E-state index in [1.165, 1.54) is 18.4 Å². The van der Waals surface area contributed by atoms with Crippen molar-refractivity contribution < 1.29 is 19.1 Å². The summed E-state index contributed by atoms with van der Waals surface area (Å²) in [7, 11) is 1.29. The van der Waals surface area contributed by atoms with Crippen molar-refractivity contribution in [2.24, 2.45) is 0 Å². The second-order valence-electron chi connectivity index (χ2n) is 6.14. The first-order valence-electron chi connectivity index (χ1n) is 8.43. The van der Waals surface area contributed by atoms with Crippen LogP contribution < -0.4 is 10.6 Å². The van der Waals surface area contributed by atoms with Crippen LogP contribution in [-0.2, 0) is 4.74 Å². The molecule has 1 fully saturated rings. The van der Waals surface area contributed by atoms with Gasteiger partial charge in [-0.25, -0.2) is 9.59 Å². The number of urea groups is 1. The molecule has 0 spiro atoms. The van der Waals surface area contributed by atoms with Crippen LogP contribution in [0, 0.1) is 6.92 Å². The Morgan fingerprint density at radius 2 is 2.04 bits per heavy atom. The molecular formula is C17H20N4O4S2. The van der Waals surface area contributed by atoms with E-state index in [2.05, 4.69) is 15.0 Å². The summed E-state index contributed by atoms with van der Waals surface area (Å²) in [6.45, 7) is 2.73. The third-order valence-electron chi connectivity index (χ3n) is 4.37. The highest BCUT2D eigenvalue weighted by Crippen LogP contribution is 2.26. The second kappa shape index (κ2) is 8.49. The van der Waals surface area contributed by atoms with Crippen molar-refractivity contribution in [1.29, 1.82) is 0 Å². The van der Waals surface area contributed by atoms with E-state index < -0.39 is 5.97 Å². The molecule has 8 nitrogen and oxygen atoms in total. The molecule has 1 aliphatic heterocycles. The summed E-state index contributed by atoms with van der Waals surface area (Å²) in [6.07, 6.45) is 1.35. The Balaban J connectivity index is 1.53. The number of carbonyl (C=O) groups excluding carboxylic acids is 3. The summed E-state index contributed by atoms with van der Waals surface area (Å²) >= 11 is 2.54. The first kappa shape index (κ1) is 19.3. The summed E-state index contributed by atoms with van der Waals surface area (Å²) in [6, 6.07) is 1.54. The van der Waals surface area contributed by atoms with Crippen LogP contribution in [0.2, 0.25) is 0 Å². The molecule has 2 N–H and O–H groups in total. The number of likely N-dealkylation sites (tertiary alicyclic amines) is 1. The van der Waals surface area contributed by atoms with Crippen molar-refractivity contribution in [2.75, 3.05) is 25.5 Å². The van der Waals surface area contributed by atoms with Crippen LogP contribution in [0.15, 0.2) is 16.8 Å². The van der Waals surface area contributed by atoms with Gasteiger partial charge in [-0.05, 0) is 42.7 Å². The maximum absolute atomic E-state index is 12.5. The molecular weight excluding hydrogens is 388 g/mol. The largest absolute Gasteiger partial charge is 0.465 e. The summed E-state index contributed by atoms with van der Waals surface area (Å²) < 4.78 is 8.86.